The van der Waals surface area contributed by atoms with Crippen LogP contribution in [0, 0.1) is 17.5 Å². The van der Waals surface area contributed by atoms with Crippen LogP contribution in [-0.2, 0) is 16.6 Å². The first kappa shape index (κ1) is 18.5. The minimum Gasteiger partial charge on any atom is -0.207 e. The third-order valence-electron chi connectivity index (χ3n) is 3.74. The van der Waals surface area contributed by atoms with E-state index >= 15 is 0 Å². The van der Waals surface area contributed by atoms with Crippen LogP contribution in [0.15, 0.2) is 41.3 Å². The molecule has 0 radical (unpaired) electrons. The van der Waals surface area contributed by atoms with Crippen LogP contribution in [0.2, 0.25) is 0 Å². The summed E-state index contributed by atoms with van der Waals surface area (Å²) in [5.41, 5.74) is 1.81. The number of rotatable bonds is 5. The quantitative estimate of drug-likeness (QED) is 0.757. The molecule has 7 heteroatoms. The van der Waals surface area contributed by atoms with Crippen molar-refractivity contribution in [3.63, 3.8) is 0 Å². The molecule has 0 unspecified atom stereocenters. The molecular formula is C17H18F3NO2S. The second-order valence-corrected chi connectivity index (χ2v) is 7.84. The fraction of sp³-hybridized carbons (Fsp3) is 0.294. The summed E-state index contributed by atoms with van der Waals surface area (Å²) in [6.07, 6.45) is 0. The van der Waals surface area contributed by atoms with E-state index in [2.05, 4.69) is 0 Å². The molecule has 0 aliphatic heterocycles. The highest BCUT2D eigenvalue weighted by Crippen LogP contribution is 2.24. The maximum Gasteiger partial charge on any atom is 0.246 e. The summed E-state index contributed by atoms with van der Waals surface area (Å²) in [5, 5.41) is 0. The lowest BCUT2D eigenvalue weighted by Crippen LogP contribution is -2.27. The Labute approximate surface area is 139 Å². The maximum atomic E-state index is 13.8. The smallest absolute Gasteiger partial charge is 0.207 e. The first-order chi connectivity index (χ1) is 11.1. The zero-order valence-electron chi connectivity index (χ0n) is 13.6. The maximum absolute atomic E-state index is 13.8. The minimum atomic E-state index is -4.28. The number of nitrogens with zero attached hydrogens (tertiary/aromatic N) is 1. The molecular weight excluding hydrogens is 339 g/mol. The lowest BCUT2D eigenvalue weighted by Gasteiger charge is -2.18. The molecule has 3 nitrogen and oxygen atoms in total. The minimum absolute atomic E-state index is 0.0147. The van der Waals surface area contributed by atoms with Crippen molar-refractivity contribution in [1.82, 2.24) is 4.31 Å². The average molecular weight is 357 g/mol. The topological polar surface area (TPSA) is 37.4 Å². The third kappa shape index (κ3) is 3.62. The van der Waals surface area contributed by atoms with E-state index in [0.717, 1.165) is 15.9 Å². The fourth-order valence-corrected chi connectivity index (χ4v) is 3.44. The highest BCUT2D eigenvalue weighted by atomic mass is 32.2. The molecule has 130 valence electrons. The monoisotopic (exact) mass is 357 g/mol. The van der Waals surface area contributed by atoms with Crippen LogP contribution in [0.3, 0.4) is 0 Å². The molecule has 0 aliphatic rings. The Bertz CT molecular complexity index is 834. The van der Waals surface area contributed by atoms with Gasteiger partial charge in [0.25, 0.3) is 0 Å². The Morgan fingerprint density at radius 2 is 1.54 bits per heavy atom. The first-order valence-electron chi connectivity index (χ1n) is 7.33. The van der Waals surface area contributed by atoms with Crippen molar-refractivity contribution in [2.75, 3.05) is 7.05 Å². The van der Waals surface area contributed by atoms with Gasteiger partial charge in [0.2, 0.25) is 10.0 Å². The van der Waals surface area contributed by atoms with Crippen molar-refractivity contribution >= 4 is 10.0 Å². The van der Waals surface area contributed by atoms with Gasteiger partial charge in [-0.25, -0.2) is 21.6 Å². The molecule has 0 heterocycles. The molecule has 0 aliphatic carbocycles. The summed E-state index contributed by atoms with van der Waals surface area (Å²) in [5.74, 6) is -4.60. The SMILES string of the molecule is CC(C)c1ccc(CN(C)S(=O)(=O)c2ccc(F)c(F)c2F)cc1. The van der Waals surface area contributed by atoms with Crippen LogP contribution in [0.1, 0.15) is 30.9 Å². The van der Waals surface area contributed by atoms with Gasteiger partial charge in [-0.15, -0.1) is 0 Å². The molecule has 0 saturated carbocycles. The molecule has 0 aromatic heterocycles. The van der Waals surface area contributed by atoms with E-state index in [1.807, 2.05) is 26.0 Å². The van der Waals surface area contributed by atoms with E-state index in [4.69, 9.17) is 0 Å². The predicted molar refractivity (Wildman–Crippen MR) is 85.5 cm³/mol. The molecule has 0 bridgehead atoms. The molecule has 0 amide bonds. The standard InChI is InChI=1S/C17H18F3NO2S/c1-11(2)13-6-4-12(5-7-13)10-21(3)24(22,23)15-9-8-14(18)16(19)17(15)20/h4-9,11H,10H2,1-3H3. The van der Waals surface area contributed by atoms with Gasteiger partial charge in [-0.3, -0.25) is 0 Å². The Morgan fingerprint density at radius 1 is 0.958 bits per heavy atom. The van der Waals surface area contributed by atoms with Gasteiger partial charge >= 0.3 is 0 Å². The molecule has 24 heavy (non-hydrogen) atoms. The Kier molecular flexibility index (Phi) is 5.35. The van der Waals surface area contributed by atoms with Crippen molar-refractivity contribution in [1.29, 1.82) is 0 Å². The van der Waals surface area contributed by atoms with Crippen molar-refractivity contribution in [2.24, 2.45) is 0 Å². The number of benzene rings is 2. The first-order valence-corrected chi connectivity index (χ1v) is 8.77. The number of halogens is 3. The van der Waals surface area contributed by atoms with Crippen LogP contribution in [0.25, 0.3) is 0 Å². The summed E-state index contributed by atoms with van der Waals surface area (Å²) in [6, 6.07) is 8.65. The highest BCUT2D eigenvalue weighted by molar-refractivity contribution is 7.89. The van der Waals surface area contributed by atoms with Gasteiger partial charge < -0.3 is 0 Å². The van der Waals surface area contributed by atoms with Crippen LogP contribution < -0.4 is 0 Å². The van der Waals surface area contributed by atoms with E-state index in [1.165, 1.54) is 7.05 Å². The lowest BCUT2D eigenvalue weighted by atomic mass is 10.0. The van der Waals surface area contributed by atoms with Crippen molar-refractivity contribution in [3.05, 3.63) is 65.0 Å². The molecule has 2 aromatic carbocycles. The molecule has 0 saturated heterocycles. The van der Waals surface area contributed by atoms with E-state index < -0.39 is 32.4 Å². The largest absolute Gasteiger partial charge is 0.246 e. The van der Waals surface area contributed by atoms with Gasteiger partial charge in [0.05, 0.1) is 0 Å². The van der Waals surface area contributed by atoms with E-state index in [9.17, 15) is 21.6 Å². The molecule has 2 rings (SSSR count). The zero-order valence-corrected chi connectivity index (χ0v) is 14.4. The molecule has 0 spiro atoms. The summed E-state index contributed by atoms with van der Waals surface area (Å²) >= 11 is 0. The molecule has 0 fully saturated rings. The zero-order chi connectivity index (χ0) is 18.1. The summed E-state index contributed by atoms with van der Waals surface area (Å²) < 4.78 is 65.7. The summed E-state index contributed by atoms with van der Waals surface area (Å²) in [4.78, 5) is -0.886. The molecule has 2 aromatic rings. The van der Waals surface area contributed by atoms with Gasteiger partial charge in [-0.05, 0) is 29.2 Å². The van der Waals surface area contributed by atoms with E-state index in [-0.39, 0.29) is 6.54 Å². The normalized spacial score (nSPS) is 12.2. The Hall–Kier alpha value is -1.86. The van der Waals surface area contributed by atoms with E-state index in [1.54, 1.807) is 12.1 Å². The molecule has 0 N–H and O–H groups in total. The van der Waals surface area contributed by atoms with Crippen molar-refractivity contribution in [3.8, 4) is 0 Å². The van der Waals surface area contributed by atoms with Gasteiger partial charge in [0.15, 0.2) is 17.5 Å². The van der Waals surface area contributed by atoms with Crippen LogP contribution in [-0.4, -0.2) is 19.8 Å². The number of hydrogen-bond donors (Lipinski definition) is 0. The van der Waals surface area contributed by atoms with Crippen LogP contribution in [0.4, 0.5) is 13.2 Å². The van der Waals surface area contributed by atoms with Crippen molar-refractivity contribution in [2.45, 2.75) is 31.2 Å². The van der Waals surface area contributed by atoms with Gasteiger partial charge in [-0.2, -0.15) is 4.31 Å². The second kappa shape index (κ2) is 6.94. The van der Waals surface area contributed by atoms with Crippen LogP contribution >= 0.6 is 0 Å². The third-order valence-corrected chi connectivity index (χ3v) is 5.56. The predicted octanol–water partition coefficient (Wildman–Crippen LogP) is 4.05. The van der Waals surface area contributed by atoms with Gasteiger partial charge in [0, 0.05) is 13.6 Å². The number of sulfonamides is 1. The lowest BCUT2D eigenvalue weighted by molar-refractivity contribution is 0.421. The number of hydrogen-bond acceptors (Lipinski definition) is 2. The van der Waals surface area contributed by atoms with Gasteiger partial charge in [0.1, 0.15) is 4.90 Å². The second-order valence-electron chi connectivity index (χ2n) is 5.83. The summed E-state index contributed by atoms with van der Waals surface area (Å²) in [7, 11) is -3.03. The van der Waals surface area contributed by atoms with Crippen LogP contribution in [0.5, 0.6) is 0 Å². The summed E-state index contributed by atoms with van der Waals surface area (Å²) in [6.45, 7) is 4.06. The molecule has 0 atom stereocenters. The van der Waals surface area contributed by atoms with E-state index in [0.29, 0.717) is 17.5 Å². The Morgan fingerprint density at radius 3 is 2.08 bits per heavy atom. The highest BCUT2D eigenvalue weighted by Gasteiger charge is 2.27. The fourth-order valence-electron chi connectivity index (χ4n) is 2.23. The van der Waals surface area contributed by atoms with Gasteiger partial charge in [-0.1, -0.05) is 38.1 Å². The Balaban J connectivity index is 2.28. The average Bonchev–Trinajstić information content (AvgIpc) is 2.52. The van der Waals surface area contributed by atoms with Crippen molar-refractivity contribution < 1.29 is 21.6 Å².